The highest BCUT2D eigenvalue weighted by atomic mass is 16.2. The first-order valence-electron chi connectivity index (χ1n) is 8.62. The smallest absolute Gasteiger partial charge is 0.256 e. The number of carbonyl (C=O) groups is 1. The molecular formula is C17H28N4O. The number of nitrogens with zero attached hydrogens (tertiary/aromatic N) is 3. The quantitative estimate of drug-likeness (QED) is 0.838. The molecule has 1 N–H and O–H groups in total. The van der Waals surface area contributed by atoms with Gasteiger partial charge in [0.25, 0.3) is 5.91 Å². The summed E-state index contributed by atoms with van der Waals surface area (Å²) < 4.78 is 0. The van der Waals surface area contributed by atoms with Crippen molar-refractivity contribution in [1.82, 2.24) is 14.9 Å². The second-order valence-corrected chi connectivity index (χ2v) is 6.07. The van der Waals surface area contributed by atoms with Gasteiger partial charge in [-0.3, -0.25) is 4.79 Å². The van der Waals surface area contributed by atoms with Crippen LogP contribution >= 0.6 is 0 Å². The van der Waals surface area contributed by atoms with E-state index in [0.29, 0.717) is 17.6 Å². The fourth-order valence-corrected chi connectivity index (χ4v) is 2.98. The maximum Gasteiger partial charge on any atom is 0.256 e. The Morgan fingerprint density at radius 3 is 2.27 bits per heavy atom. The number of carbonyl (C=O) groups excluding carboxylic acids is 1. The minimum absolute atomic E-state index is 0.0351. The predicted molar refractivity (Wildman–Crippen MR) is 89.0 cm³/mol. The van der Waals surface area contributed by atoms with Crippen LogP contribution in [0.15, 0.2) is 12.4 Å². The Morgan fingerprint density at radius 2 is 1.73 bits per heavy atom. The van der Waals surface area contributed by atoms with Crippen molar-refractivity contribution >= 4 is 11.9 Å². The van der Waals surface area contributed by atoms with Crippen molar-refractivity contribution in [3.8, 4) is 0 Å². The maximum atomic E-state index is 12.5. The minimum Gasteiger partial charge on any atom is -0.351 e. The van der Waals surface area contributed by atoms with Gasteiger partial charge >= 0.3 is 0 Å². The van der Waals surface area contributed by atoms with Crippen molar-refractivity contribution in [2.45, 2.75) is 64.8 Å². The van der Waals surface area contributed by atoms with Gasteiger partial charge in [0.05, 0.1) is 5.56 Å². The number of hydrogen-bond donors (Lipinski definition) is 1. The van der Waals surface area contributed by atoms with Gasteiger partial charge in [-0.15, -0.1) is 0 Å². The zero-order valence-electron chi connectivity index (χ0n) is 13.8. The number of hydrogen-bond acceptors (Lipinski definition) is 4. The van der Waals surface area contributed by atoms with E-state index in [0.717, 1.165) is 25.9 Å². The Kier molecular flexibility index (Phi) is 6.62. The Labute approximate surface area is 133 Å². The first kappa shape index (κ1) is 16.7. The summed E-state index contributed by atoms with van der Waals surface area (Å²) in [5.41, 5.74) is 0.580. The van der Waals surface area contributed by atoms with Gasteiger partial charge in [0, 0.05) is 31.5 Å². The van der Waals surface area contributed by atoms with E-state index in [1.165, 1.54) is 32.1 Å². The molecule has 1 heterocycles. The standard InChI is InChI=1S/C17H28N4O/c1-3-10-21(11-4-2)16(22)14-12-18-17(19-13-14)20-15-8-6-5-7-9-15/h12-13,15H,3-11H2,1-2H3,(H,18,19,20). The molecule has 122 valence electrons. The molecule has 0 aromatic carbocycles. The largest absolute Gasteiger partial charge is 0.351 e. The van der Waals surface area contributed by atoms with Crippen molar-refractivity contribution in [1.29, 1.82) is 0 Å². The third-order valence-electron chi connectivity index (χ3n) is 4.11. The van der Waals surface area contributed by atoms with Gasteiger partial charge in [-0.05, 0) is 25.7 Å². The summed E-state index contributed by atoms with van der Waals surface area (Å²) in [5, 5.41) is 3.38. The average Bonchev–Trinajstić information content (AvgIpc) is 2.56. The van der Waals surface area contributed by atoms with Crippen LogP contribution in [0.1, 0.15) is 69.2 Å². The molecule has 0 aliphatic heterocycles. The maximum absolute atomic E-state index is 12.5. The van der Waals surface area contributed by atoms with Crippen molar-refractivity contribution in [2.75, 3.05) is 18.4 Å². The van der Waals surface area contributed by atoms with E-state index in [1.807, 2.05) is 4.90 Å². The van der Waals surface area contributed by atoms with Crippen molar-refractivity contribution in [3.63, 3.8) is 0 Å². The summed E-state index contributed by atoms with van der Waals surface area (Å²) in [4.78, 5) is 23.0. The SMILES string of the molecule is CCCN(CCC)C(=O)c1cnc(NC2CCCCC2)nc1. The molecule has 1 saturated carbocycles. The average molecular weight is 304 g/mol. The van der Waals surface area contributed by atoms with Gasteiger partial charge in [0.2, 0.25) is 5.95 Å². The molecule has 1 aromatic heterocycles. The third kappa shape index (κ3) is 4.68. The lowest BCUT2D eigenvalue weighted by Crippen LogP contribution is -2.32. The highest BCUT2D eigenvalue weighted by Crippen LogP contribution is 2.20. The van der Waals surface area contributed by atoms with Crippen LogP contribution in [0.3, 0.4) is 0 Å². The molecule has 1 aliphatic rings. The molecule has 22 heavy (non-hydrogen) atoms. The topological polar surface area (TPSA) is 58.1 Å². The molecule has 1 fully saturated rings. The van der Waals surface area contributed by atoms with Crippen LogP contribution in [0.2, 0.25) is 0 Å². The van der Waals surface area contributed by atoms with Gasteiger partial charge in [-0.2, -0.15) is 0 Å². The number of rotatable bonds is 7. The highest BCUT2D eigenvalue weighted by Gasteiger charge is 2.17. The molecule has 0 spiro atoms. The molecule has 1 aromatic rings. The Balaban J connectivity index is 1.96. The van der Waals surface area contributed by atoms with E-state index in [1.54, 1.807) is 12.4 Å². The van der Waals surface area contributed by atoms with Gasteiger partial charge in [-0.1, -0.05) is 33.1 Å². The lowest BCUT2D eigenvalue weighted by molar-refractivity contribution is 0.0754. The lowest BCUT2D eigenvalue weighted by Gasteiger charge is -2.23. The van der Waals surface area contributed by atoms with Gasteiger partial charge in [0.15, 0.2) is 0 Å². The molecule has 0 atom stereocenters. The summed E-state index contributed by atoms with van der Waals surface area (Å²) in [6.45, 7) is 5.75. The Hall–Kier alpha value is -1.65. The molecular weight excluding hydrogens is 276 g/mol. The number of amides is 1. The predicted octanol–water partition coefficient (Wildman–Crippen LogP) is 3.48. The van der Waals surface area contributed by atoms with E-state index in [2.05, 4.69) is 29.1 Å². The second kappa shape index (κ2) is 8.71. The van der Waals surface area contributed by atoms with Crippen LogP contribution in [-0.2, 0) is 0 Å². The summed E-state index contributed by atoms with van der Waals surface area (Å²) >= 11 is 0. The van der Waals surface area contributed by atoms with E-state index >= 15 is 0 Å². The van der Waals surface area contributed by atoms with Gasteiger partial charge < -0.3 is 10.2 Å². The summed E-state index contributed by atoms with van der Waals surface area (Å²) in [5.74, 6) is 0.675. The minimum atomic E-state index is 0.0351. The van der Waals surface area contributed by atoms with Gasteiger partial charge in [0.1, 0.15) is 0 Å². The number of anilines is 1. The van der Waals surface area contributed by atoms with Crippen LogP contribution in [0.25, 0.3) is 0 Å². The van der Waals surface area contributed by atoms with Crippen LogP contribution < -0.4 is 5.32 Å². The molecule has 5 nitrogen and oxygen atoms in total. The number of nitrogens with one attached hydrogen (secondary N) is 1. The molecule has 1 amide bonds. The van der Waals surface area contributed by atoms with E-state index in [4.69, 9.17) is 0 Å². The van der Waals surface area contributed by atoms with Crippen LogP contribution in [-0.4, -0.2) is 39.9 Å². The molecule has 0 radical (unpaired) electrons. The number of aromatic nitrogens is 2. The van der Waals surface area contributed by atoms with Crippen LogP contribution in [0.4, 0.5) is 5.95 Å². The first-order valence-corrected chi connectivity index (χ1v) is 8.62. The summed E-state index contributed by atoms with van der Waals surface area (Å²) in [6, 6.07) is 0.479. The van der Waals surface area contributed by atoms with E-state index in [-0.39, 0.29) is 5.91 Å². The zero-order chi connectivity index (χ0) is 15.8. The van der Waals surface area contributed by atoms with Crippen molar-refractivity contribution in [3.05, 3.63) is 18.0 Å². The highest BCUT2D eigenvalue weighted by molar-refractivity contribution is 5.93. The fraction of sp³-hybridized carbons (Fsp3) is 0.706. The molecule has 1 aliphatic carbocycles. The normalized spacial score (nSPS) is 15.5. The van der Waals surface area contributed by atoms with E-state index < -0.39 is 0 Å². The molecule has 0 saturated heterocycles. The van der Waals surface area contributed by atoms with E-state index in [9.17, 15) is 4.79 Å². The molecule has 0 bridgehead atoms. The zero-order valence-corrected chi connectivity index (χ0v) is 13.8. The second-order valence-electron chi connectivity index (χ2n) is 6.07. The van der Waals surface area contributed by atoms with Crippen LogP contribution in [0.5, 0.6) is 0 Å². The van der Waals surface area contributed by atoms with Crippen molar-refractivity contribution in [2.24, 2.45) is 0 Å². The fourth-order valence-electron chi connectivity index (χ4n) is 2.98. The monoisotopic (exact) mass is 304 g/mol. The summed E-state index contributed by atoms with van der Waals surface area (Å²) in [6.07, 6.45) is 11.5. The third-order valence-corrected chi connectivity index (χ3v) is 4.11. The molecule has 2 rings (SSSR count). The molecule has 5 heteroatoms. The van der Waals surface area contributed by atoms with Crippen LogP contribution in [0, 0.1) is 0 Å². The van der Waals surface area contributed by atoms with Crippen molar-refractivity contribution < 1.29 is 4.79 Å². The summed E-state index contributed by atoms with van der Waals surface area (Å²) in [7, 11) is 0. The Morgan fingerprint density at radius 1 is 1.14 bits per heavy atom. The first-order chi connectivity index (χ1) is 10.7. The Bertz CT molecular complexity index is 448. The molecule has 0 unspecified atom stereocenters. The van der Waals surface area contributed by atoms with Gasteiger partial charge in [-0.25, -0.2) is 9.97 Å². The lowest BCUT2D eigenvalue weighted by atomic mass is 9.96.